The summed E-state index contributed by atoms with van der Waals surface area (Å²) in [4.78, 5) is 21.1. The molecule has 1 atom stereocenters. The molecule has 0 radical (unpaired) electrons. The van der Waals surface area contributed by atoms with Gasteiger partial charge in [-0.05, 0) is 12.5 Å². The van der Waals surface area contributed by atoms with Crippen molar-refractivity contribution in [3.05, 3.63) is 39.4 Å². The number of carboxylic acid groups (broad SMARTS) is 1. The van der Waals surface area contributed by atoms with Crippen LogP contribution in [0.25, 0.3) is 0 Å². The lowest BCUT2D eigenvalue weighted by Gasteiger charge is -2.15. The summed E-state index contributed by atoms with van der Waals surface area (Å²) < 4.78 is 0. The van der Waals surface area contributed by atoms with Crippen LogP contribution in [-0.4, -0.2) is 22.5 Å². The highest BCUT2D eigenvalue weighted by atomic mass is 16.6. The van der Waals surface area contributed by atoms with E-state index in [1.165, 1.54) is 6.07 Å². The van der Waals surface area contributed by atoms with E-state index in [4.69, 9.17) is 10.8 Å². The summed E-state index contributed by atoms with van der Waals surface area (Å²) >= 11 is 0. The van der Waals surface area contributed by atoms with Gasteiger partial charge in [0.2, 0.25) is 0 Å². The van der Waals surface area contributed by atoms with E-state index in [1.807, 2.05) is 0 Å². The van der Waals surface area contributed by atoms with Crippen LogP contribution >= 0.6 is 0 Å². The maximum Gasteiger partial charge on any atom is 0.304 e. The van der Waals surface area contributed by atoms with Crippen LogP contribution in [0.3, 0.4) is 0 Å². The third kappa shape index (κ3) is 3.01. The minimum absolute atomic E-state index is 0.0675. The zero-order chi connectivity index (χ0) is 13.0. The summed E-state index contributed by atoms with van der Waals surface area (Å²) in [5.41, 5.74) is 6.55. The SMILES string of the molecule is Cc1cccc([N+](=O)[O-])c1C(CN)CC(=O)O. The van der Waals surface area contributed by atoms with Crippen LogP contribution < -0.4 is 5.73 Å². The van der Waals surface area contributed by atoms with Crippen molar-refractivity contribution in [2.75, 3.05) is 6.54 Å². The first-order valence-corrected chi connectivity index (χ1v) is 5.13. The van der Waals surface area contributed by atoms with Gasteiger partial charge >= 0.3 is 5.97 Å². The Bertz CT molecular complexity index is 445. The van der Waals surface area contributed by atoms with Crippen LogP contribution in [0.15, 0.2) is 18.2 Å². The Hall–Kier alpha value is -1.95. The number of hydrogen-bond acceptors (Lipinski definition) is 4. The molecule has 1 aromatic rings. The van der Waals surface area contributed by atoms with Gasteiger partial charge in [0.25, 0.3) is 5.69 Å². The Morgan fingerprint density at radius 1 is 1.59 bits per heavy atom. The largest absolute Gasteiger partial charge is 0.481 e. The Morgan fingerprint density at radius 3 is 2.71 bits per heavy atom. The molecule has 0 fully saturated rings. The molecule has 0 spiro atoms. The first-order valence-electron chi connectivity index (χ1n) is 5.13. The van der Waals surface area contributed by atoms with E-state index >= 15 is 0 Å². The summed E-state index contributed by atoms with van der Waals surface area (Å²) in [6.07, 6.45) is -0.206. The molecule has 6 nitrogen and oxygen atoms in total. The molecule has 6 heteroatoms. The monoisotopic (exact) mass is 238 g/mol. The third-order valence-electron chi connectivity index (χ3n) is 2.61. The van der Waals surface area contributed by atoms with Gasteiger partial charge in [-0.15, -0.1) is 0 Å². The molecule has 0 saturated carbocycles. The van der Waals surface area contributed by atoms with Crippen molar-refractivity contribution in [3.8, 4) is 0 Å². The van der Waals surface area contributed by atoms with Crippen molar-refractivity contribution < 1.29 is 14.8 Å². The fourth-order valence-corrected chi connectivity index (χ4v) is 1.87. The summed E-state index contributed by atoms with van der Waals surface area (Å²) in [5.74, 6) is -1.55. The molecule has 0 saturated heterocycles. The molecule has 0 heterocycles. The predicted octanol–water partition coefficient (Wildman–Crippen LogP) is 1.42. The van der Waals surface area contributed by atoms with Crippen molar-refractivity contribution in [2.24, 2.45) is 5.73 Å². The molecule has 1 aromatic carbocycles. The molecule has 17 heavy (non-hydrogen) atoms. The van der Waals surface area contributed by atoms with E-state index in [2.05, 4.69) is 0 Å². The second-order valence-electron chi connectivity index (χ2n) is 3.80. The second kappa shape index (κ2) is 5.40. The zero-order valence-corrected chi connectivity index (χ0v) is 9.42. The molecule has 0 amide bonds. The quantitative estimate of drug-likeness (QED) is 0.596. The lowest BCUT2D eigenvalue weighted by atomic mass is 9.90. The van der Waals surface area contributed by atoms with Crippen LogP contribution in [0.2, 0.25) is 0 Å². The number of carboxylic acids is 1. The third-order valence-corrected chi connectivity index (χ3v) is 2.61. The summed E-state index contributed by atoms with van der Waals surface area (Å²) in [7, 11) is 0. The van der Waals surface area contributed by atoms with E-state index < -0.39 is 16.8 Å². The number of aryl methyl sites for hydroxylation is 1. The van der Waals surface area contributed by atoms with Gasteiger partial charge in [-0.1, -0.05) is 12.1 Å². The van der Waals surface area contributed by atoms with E-state index in [9.17, 15) is 14.9 Å². The Morgan fingerprint density at radius 2 is 2.24 bits per heavy atom. The highest BCUT2D eigenvalue weighted by Gasteiger charge is 2.24. The van der Waals surface area contributed by atoms with Crippen LogP contribution in [-0.2, 0) is 4.79 Å². The van der Waals surface area contributed by atoms with Gasteiger partial charge in [0.1, 0.15) is 0 Å². The predicted molar refractivity (Wildman–Crippen MR) is 61.9 cm³/mol. The molecule has 0 aliphatic heterocycles. The summed E-state index contributed by atoms with van der Waals surface area (Å²) in [6.45, 7) is 1.78. The number of nitrogens with zero attached hydrogens (tertiary/aromatic N) is 1. The first-order chi connectivity index (χ1) is 7.97. The molecular weight excluding hydrogens is 224 g/mol. The van der Waals surface area contributed by atoms with Crippen molar-refractivity contribution in [3.63, 3.8) is 0 Å². The maximum atomic E-state index is 10.9. The van der Waals surface area contributed by atoms with Crippen LogP contribution in [0.1, 0.15) is 23.5 Å². The fraction of sp³-hybridized carbons (Fsp3) is 0.364. The van der Waals surface area contributed by atoms with Gasteiger partial charge in [0, 0.05) is 24.1 Å². The van der Waals surface area contributed by atoms with Gasteiger partial charge in [-0.2, -0.15) is 0 Å². The first kappa shape index (κ1) is 13.1. The van der Waals surface area contributed by atoms with Gasteiger partial charge in [0.05, 0.1) is 11.3 Å². The average molecular weight is 238 g/mol. The highest BCUT2D eigenvalue weighted by molar-refractivity contribution is 5.69. The number of nitro benzene ring substituents is 1. The van der Waals surface area contributed by atoms with Crippen molar-refractivity contribution in [1.29, 1.82) is 0 Å². The van der Waals surface area contributed by atoms with E-state index in [0.29, 0.717) is 11.1 Å². The smallest absolute Gasteiger partial charge is 0.304 e. The van der Waals surface area contributed by atoms with Crippen molar-refractivity contribution in [1.82, 2.24) is 0 Å². The molecule has 1 rings (SSSR count). The van der Waals surface area contributed by atoms with Crippen molar-refractivity contribution >= 4 is 11.7 Å². The standard InChI is InChI=1S/C11H14N2O4/c1-7-3-2-4-9(13(16)17)11(7)8(6-12)5-10(14)15/h2-4,8H,5-6,12H2,1H3,(H,14,15). The van der Waals surface area contributed by atoms with Crippen molar-refractivity contribution in [2.45, 2.75) is 19.3 Å². The van der Waals surface area contributed by atoms with E-state index in [0.717, 1.165) is 0 Å². The maximum absolute atomic E-state index is 10.9. The van der Waals surface area contributed by atoms with Gasteiger partial charge in [-0.3, -0.25) is 14.9 Å². The van der Waals surface area contributed by atoms with E-state index in [1.54, 1.807) is 19.1 Å². The fourth-order valence-electron chi connectivity index (χ4n) is 1.87. The number of aliphatic carboxylic acids is 1. The normalized spacial score (nSPS) is 12.1. The molecule has 0 aliphatic rings. The summed E-state index contributed by atoms with van der Waals surface area (Å²) in [5, 5.41) is 19.7. The van der Waals surface area contributed by atoms with Crippen LogP contribution in [0, 0.1) is 17.0 Å². The Kier molecular flexibility index (Phi) is 4.17. The lowest BCUT2D eigenvalue weighted by molar-refractivity contribution is -0.385. The number of rotatable bonds is 5. The Labute approximate surface area is 98.2 Å². The molecule has 0 aliphatic carbocycles. The van der Waals surface area contributed by atoms with E-state index in [-0.39, 0.29) is 18.7 Å². The lowest BCUT2D eigenvalue weighted by Crippen LogP contribution is -2.18. The minimum Gasteiger partial charge on any atom is -0.481 e. The highest BCUT2D eigenvalue weighted by Crippen LogP contribution is 2.31. The molecule has 0 aromatic heterocycles. The molecule has 92 valence electrons. The Balaban J connectivity index is 3.25. The van der Waals surface area contributed by atoms with Gasteiger partial charge in [-0.25, -0.2) is 0 Å². The topological polar surface area (TPSA) is 106 Å². The number of nitrogens with two attached hydrogens (primary N) is 1. The number of carbonyl (C=O) groups is 1. The molecule has 3 N–H and O–H groups in total. The van der Waals surface area contributed by atoms with Crippen LogP contribution in [0.4, 0.5) is 5.69 Å². The number of nitro groups is 1. The molecule has 1 unspecified atom stereocenters. The summed E-state index contributed by atoms with van der Waals surface area (Å²) in [6, 6.07) is 4.66. The minimum atomic E-state index is -1.02. The van der Waals surface area contributed by atoms with Gasteiger partial charge in [0.15, 0.2) is 0 Å². The number of benzene rings is 1. The number of hydrogen-bond donors (Lipinski definition) is 2. The molecular formula is C11H14N2O4. The zero-order valence-electron chi connectivity index (χ0n) is 9.42. The van der Waals surface area contributed by atoms with Crippen LogP contribution in [0.5, 0.6) is 0 Å². The second-order valence-corrected chi connectivity index (χ2v) is 3.80. The average Bonchev–Trinajstić information content (AvgIpc) is 2.25. The molecule has 0 bridgehead atoms. The van der Waals surface area contributed by atoms with Gasteiger partial charge < -0.3 is 10.8 Å².